The first kappa shape index (κ1) is 16.4. The fraction of sp³-hybridized carbons (Fsp3) is 0.471. The van der Waals surface area contributed by atoms with Crippen LogP contribution in [0.25, 0.3) is 0 Å². The molecule has 2 heterocycles. The molecule has 128 valence electrons. The molecular weight excluding hydrogens is 312 g/mol. The predicted octanol–water partition coefficient (Wildman–Crippen LogP) is 0.668. The van der Waals surface area contributed by atoms with Crippen LogP contribution in [0.2, 0.25) is 0 Å². The molecule has 3 rings (SSSR count). The number of ether oxygens (including phenoxy) is 1. The van der Waals surface area contributed by atoms with Gasteiger partial charge in [-0.3, -0.25) is 9.59 Å². The van der Waals surface area contributed by atoms with Crippen molar-refractivity contribution >= 4 is 23.5 Å². The van der Waals surface area contributed by atoms with Gasteiger partial charge in [0.2, 0.25) is 11.8 Å². The van der Waals surface area contributed by atoms with Gasteiger partial charge < -0.3 is 19.6 Å². The molecule has 7 nitrogen and oxygen atoms in total. The van der Waals surface area contributed by atoms with E-state index in [1.165, 1.54) is 4.90 Å². The van der Waals surface area contributed by atoms with Crippen LogP contribution in [-0.2, 0) is 25.5 Å². The van der Waals surface area contributed by atoms with Gasteiger partial charge in [-0.15, -0.1) is 0 Å². The Hall–Kier alpha value is -2.41. The molecule has 0 saturated carbocycles. The molecule has 1 saturated heterocycles. The quantitative estimate of drug-likeness (QED) is 0.875. The number of hydrogen-bond donors (Lipinski definition) is 1. The van der Waals surface area contributed by atoms with Crippen LogP contribution in [0, 0.1) is 0 Å². The van der Waals surface area contributed by atoms with E-state index in [1.54, 1.807) is 4.90 Å². The third-order valence-corrected chi connectivity index (χ3v) is 4.47. The fourth-order valence-electron chi connectivity index (χ4n) is 3.20. The first-order valence-corrected chi connectivity index (χ1v) is 8.06. The van der Waals surface area contributed by atoms with Gasteiger partial charge in [0, 0.05) is 31.6 Å². The molecule has 0 radical (unpaired) electrons. The van der Waals surface area contributed by atoms with E-state index in [0.29, 0.717) is 19.4 Å². The van der Waals surface area contributed by atoms with Gasteiger partial charge >= 0.3 is 5.97 Å². The average Bonchev–Trinajstić information content (AvgIpc) is 2.60. The van der Waals surface area contributed by atoms with Crippen LogP contribution in [0.5, 0.6) is 0 Å². The fourth-order valence-corrected chi connectivity index (χ4v) is 3.20. The molecular formula is C17H20N2O5. The Morgan fingerprint density at radius 3 is 2.83 bits per heavy atom. The van der Waals surface area contributed by atoms with Crippen molar-refractivity contribution in [3.63, 3.8) is 0 Å². The van der Waals surface area contributed by atoms with E-state index < -0.39 is 12.0 Å². The first-order chi connectivity index (χ1) is 11.6. The molecule has 1 atom stereocenters. The summed E-state index contributed by atoms with van der Waals surface area (Å²) in [4.78, 5) is 38.9. The van der Waals surface area contributed by atoms with Crippen molar-refractivity contribution in [2.45, 2.75) is 25.3 Å². The Balaban J connectivity index is 1.68. The standard InChI is InChI=1S/C17H20N2O5/c20-15-6-5-12-3-1-2-4-13(12)18(15)8-7-16(21)19-9-10-24-11-14(19)17(22)23/h1-4,14H,5-11H2,(H,22,23). The summed E-state index contributed by atoms with van der Waals surface area (Å²) in [5.41, 5.74) is 1.94. The van der Waals surface area contributed by atoms with Gasteiger partial charge in [0.1, 0.15) is 0 Å². The smallest absolute Gasteiger partial charge is 0.328 e. The number of rotatable bonds is 4. The molecule has 0 aliphatic carbocycles. The summed E-state index contributed by atoms with van der Waals surface area (Å²) in [7, 11) is 0. The number of hydrogen-bond acceptors (Lipinski definition) is 4. The summed E-state index contributed by atoms with van der Waals surface area (Å²) in [6.45, 7) is 0.867. The Labute approximate surface area is 139 Å². The van der Waals surface area contributed by atoms with Gasteiger partial charge in [-0.05, 0) is 18.1 Å². The first-order valence-electron chi connectivity index (χ1n) is 8.06. The number of nitrogens with zero attached hydrogens (tertiary/aromatic N) is 2. The highest BCUT2D eigenvalue weighted by molar-refractivity contribution is 5.97. The van der Waals surface area contributed by atoms with E-state index in [1.807, 2.05) is 24.3 Å². The molecule has 0 bridgehead atoms. The molecule has 2 aliphatic rings. The summed E-state index contributed by atoms with van der Waals surface area (Å²) in [6.07, 6.45) is 1.24. The summed E-state index contributed by atoms with van der Waals surface area (Å²) in [5, 5.41) is 9.21. The van der Waals surface area contributed by atoms with E-state index in [2.05, 4.69) is 0 Å². The topological polar surface area (TPSA) is 87.2 Å². The van der Waals surface area contributed by atoms with Gasteiger partial charge in [-0.2, -0.15) is 0 Å². The summed E-state index contributed by atoms with van der Waals surface area (Å²) >= 11 is 0. The zero-order valence-electron chi connectivity index (χ0n) is 13.3. The summed E-state index contributed by atoms with van der Waals surface area (Å²) in [6, 6.07) is 6.72. The Morgan fingerprint density at radius 1 is 1.25 bits per heavy atom. The minimum absolute atomic E-state index is 0.00161. The van der Waals surface area contributed by atoms with Crippen molar-refractivity contribution in [1.29, 1.82) is 0 Å². The molecule has 1 unspecified atom stereocenters. The van der Waals surface area contributed by atoms with Crippen molar-refractivity contribution in [3.05, 3.63) is 29.8 Å². The lowest BCUT2D eigenvalue weighted by molar-refractivity contribution is -0.158. The van der Waals surface area contributed by atoms with Crippen molar-refractivity contribution in [1.82, 2.24) is 4.90 Å². The zero-order chi connectivity index (χ0) is 17.1. The predicted molar refractivity (Wildman–Crippen MR) is 85.7 cm³/mol. The highest BCUT2D eigenvalue weighted by Gasteiger charge is 2.33. The number of carboxylic acids is 1. The number of carbonyl (C=O) groups excluding carboxylic acids is 2. The van der Waals surface area contributed by atoms with E-state index in [-0.39, 0.29) is 37.9 Å². The molecule has 2 aliphatic heterocycles. The SMILES string of the molecule is O=C(O)C1COCCN1C(=O)CCN1C(=O)CCc2ccccc21. The second-order valence-electron chi connectivity index (χ2n) is 5.94. The van der Waals surface area contributed by atoms with Gasteiger partial charge in [-0.1, -0.05) is 18.2 Å². The maximum absolute atomic E-state index is 12.4. The summed E-state index contributed by atoms with van der Waals surface area (Å²) < 4.78 is 5.14. The second-order valence-corrected chi connectivity index (χ2v) is 5.94. The Bertz CT molecular complexity index is 660. The number of carbonyl (C=O) groups is 3. The third-order valence-electron chi connectivity index (χ3n) is 4.47. The minimum Gasteiger partial charge on any atom is -0.480 e. The number of amides is 2. The van der Waals surface area contributed by atoms with Crippen LogP contribution in [-0.4, -0.2) is 60.1 Å². The largest absolute Gasteiger partial charge is 0.480 e. The molecule has 0 spiro atoms. The lowest BCUT2D eigenvalue weighted by Gasteiger charge is -2.34. The van der Waals surface area contributed by atoms with Crippen LogP contribution >= 0.6 is 0 Å². The number of aliphatic carboxylic acids is 1. The van der Waals surface area contributed by atoms with Gasteiger partial charge in [0.15, 0.2) is 6.04 Å². The van der Waals surface area contributed by atoms with E-state index in [9.17, 15) is 19.5 Å². The van der Waals surface area contributed by atoms with E-state index >= 15 is 0 Å². The third kappa shape index (κ3) is 3.26. The molecule has 1 fully saturated rings. The van der Waals surface area contributed by atoms with Crippen LogP contribution < -0.4 is 4.90 Å². The second kappa shape index (κ2) is 7.00. The molecule has 0 aromatic heterocycles. The van der Waals surface area contributed by atoms with Crippen molar-refractivity contribution < 1.29 is 24.2 Å². The number of anilines is 1. The van der Waals surface area contributed by atoms with E-state index in [0.717, 1.165) is 11.3 Å². The normalized spacial score (nSPS) is 20.7. The molecule has 24 heavy (non-hydrogen) atoms. The number of morpholine rings is 1. The van der Waals surface area contributed by atoms with Gasteiger partial charge in [0.05, 0.1) is 13.2 Å². The number of carboxylic acid groups (broad SMARTS) is 1. The van der Waals surface area contributed by atoms with Crippen LogP contribution in [0.4, 0.5) is 5.69 Å². The van der Waals surface area contributed by atoms with Crippen LogP contribution in [0.1, 0.15) is 18.4 Å². The maximum Gasteiger partial charge on any atom is 0.328 e. The lowest BCUT2D eigenvalue weighted by atomic mass is 10.0. The monoisotopic (exact) mass is 332 g/mol. The molecule has 7 heteroatoms. The molecule has 1 N–H and O–H groups in total. The Kier molecular flexibility index (Phi) is 4.80. The van der Waals surface area contributed by atoms with Crippen LogP contribution in [0.15, 0.2) is 24.3 Å². The molecule has 1 aromatic rings. The van der Waals surface area contributed by atoms with Crippen molar-refractivity contribution in [2.24, 2.45) is 0 Å². The minimum atomic E-state index is -1.07. The zero-order valence-corrected chi connectivity index (χ0v) is 13.3. The van der Waals surface area contributed by atoms with Gasteiger partial charge in [0.25, 0.3) is 0 Å². The highest BCUT2D eigenvalue weighted by Crippen LogP contribution is 2.27. The number of aryl methyl sites for hydroxylation is 1. The number of benzene rings is 1. The summed E-state index contributed by atoms with van der Waals surface area (Å²) in [5.74, 6) is -1.33. The Morgan fingerprint density at radius 2 is 2.04 bits per heavy atom. The van der Waals surface area contributed by atoms with Crippen molar-refractivity contribution in [2.75, 3.05) is 31.2 Å². The van der Waals surface area contributed by atoms with Crippen molar-refractivity contribution in [3.8, 4) is 0 Å². The van der Waals surface area contributed by atoms with E-state index in [4.69, 9.17) is 4.74 Å². The maximum atomic E-state index is 12.4. The highest BCUT2D eigenvalue weighted by atomic mass is 16.5. The number of para-hydroxylation sites is 1. The van der Waals surface area contributed by atoms with Gasteiger partial charge in [-0.25, -0.2) is 4.79 Å². The molecule has 1 aromatic carbocycles. The lowest BCUT2D eigenvalue weighted by Crippen LogP contribution is -2.53. The van der Waals surface area contributed by atoms with Crippen LogP contribution in [0.3, 0.4) is 0 Å². The molecule has 2 amide bonds. The number of fused-ring (bicyclic) bond motifs is 1. The average molecular weight is 332 g/mol.